The minimum Gasteiger partial charge on any atom is -0.477 e. The molecule has 0 aromatic heterocycles. The summed E-state index contributed by atoms with van der Waals surface area (Å²) in [5.74, 6) is -2.06. The predicted octanol–water partition coefficient (Wildman–Crippen LogP) is 17.5. The molecule has 0 fully saturated rings. The van der Waals surface area contributed by atoms with E-state index in [1.165, 1.54) is 44.9 Å². The second-order valence-corrected chi connectivity index (χ2v) is 20.2. The van der Waals surface area contributed by atoms with E-state index in [-0.39, 0.29) is 38.6 Å². The molecule has 0 heterocycles. The molecule has 0 saturated heterocycles. The third kappa shape index (κ3) is 57.0. The van der Waals surface area contributed by atoms with Crippen LogP contribution >= 0.6 is 0 Å². The molecule has 1 N–H and O–H groups in total. The minimum absolute atomic E-state index is 0.176. The molecule has 0 saturated carbocycles. The number of quaternary nitrogens is 1. The van der Waals surface area contributed by atoms with Crippen molar-refractivity contribution >= 4 is 17.9 Å². The SMILES string of the molecule is CC/C=C\C/C=C\C/C=C\C/C=C\C/C=C\C/C=C\C/C=C\CCCCCCCCCCCCCC(=O)OC(COC(=O)CCCCCC/C=C\C/C=C\C/C=C\C/C=C\CC)COC(OCC[N+](C)(C)C)C(=O)O. The van der Waals surface area contributed by atoms with Crippen LogP contribution in [-0.2, 0) is 33.3 Å². The van der Waals surface area contributed by atoms with Crippen LogP contribution in [0, 0.1) is 0 Å². The Morgan fingerprint density at radius 3 is 1.07 bits per heavy atom. The minimum atomic E-state index is -1.52. The first kappa shape index (κ1) is 70.4. The van der Waals surface area contributed by atoms with Crippen LogP contribution in [0.3, 0.4) is 0 Å². The van der Waals surface area contributed by atoms with Gasteiger partial charge in [-0.3, -0.25) is 9.59 Å². The Morgan fingerprint density at radius 2 is 0.720 bits per heavy atom. The second-order valence-electron chi connectivity index (χ2n) is 20.2. The van der Waals surface area contributed by atoms with Gasteiger partial charge >= 0.3 is 17.9 Å². The zero-order valence-electron chi connectivity index (χ0n) is 48.2. The third-order valence-electron chi connectivity index (χ3n) is 11.9. The molecular formula is C66H108NO8+. The lowest BCUT2D eigenvalue weighted by Gasteiger charge is -2.25. The molecule has 0 aliphatic rings. The van der Waals surface area contributed by atoms with Gasteiger partial charge in [-0.15, -0.1) is 0 Å². The van der Waals surface area contributed by atoms with Gasteiger partial charge in [-0.1, -0.05) is 218 Å². The summed E-state index contributed by atoms with van der Waals surface area (Å²) in [5.41, 5.74) is 0. The maximum absolute atomic E-state index is 12.9. The number of likely N-dealkylation sites (N-methyl/N-ethyl adjacent to an activating group) is 1. The van der Waals surface area contributed by atoms with E-state index in [1.54, 1.807) is 0 Å². The standard InChI is InChI=1S/C66H107NO8/c1-6-8-10-12-14-16-18-20-22-24-25-26-27-28-29-30-31-32-33-34-35-36-37-38-39-41-43-45-47-49-51-53-55-57-64(69)75-62(61-74-66(65(70)71)72-59-58-67(3,4)5)60-73-63(68)56-54-52-50-48-46-44-42-40-23-21-19-17-15-13-11-9-7-2/h8-11,14-17,20-23,25-26,28-29,31-32,34-35,42,44,62,66H,6-7,12-13,18-19,24,27,30,33,36-41,43,45-61H2,1-5H3/p+1/b10-8-,11-9-,16-14-,17-15-,22-20-,23-21-,26-25-,29-28-,32-31-,35-34-,44-42-. The molecule has 0 amide bonds. The Morgan fingerprint density at radius 1 is 0.400 bits per heavy atom. The molecule has 0 rings (SSSR count). The van der Waals surface area contributed by atoms with E-state index in [1.807, 2.05) is 21.1 Å². The summed E-state index contributed by atoms with van der Waals surface area (Å²) in [7, 11) is 5.95. The van der Waals surface area contributed by atoms with Crippen molar-refractivity contribution in [1.29, 1.82) is 0 Å². The summed E-state index contributed by atoms with van der Waals surface area (Å²) in [6.07, 6.45) is 76.7. The fourth-order valence-electron chi connectivity index (χ4n) is 7.45. The number of hydrogen-bond donors (Lipinski definition) is 1. The number of nitrogens with zero attached hydrogens (tertiary/aromatic N) is 1. The molecule has 424 valence electrons. The molecule has 2 unspecified atom stereocenters. The molecule has 0 spiro atoms. The lowest BCUT2D eigenvalue weighted by atomic mass is 10.0. The number of rotatable bonds is 52. The molecule has 0 aliphatic carbocycles. The van der Waals surface area contributed by atoms with Gasteiger partial charge in [-0.25, -0.2) is 4.79 Å². The van der Waals surface area contributed by atoms with E-state index in [0.717, 1.165) is 122 Å². The highest BCUT2D eigenvalue weighted by atomic mass is 16.7. The average Bonchev–Trinajstić information content (AvgIpc) is 3.38. The first-order valence-corrected chi connectivity index (χ1v) is 29.3. The highest BCUT2D eigenvalue weighted by Gasteiger charge is 2.25. The maximum Gasteiger partial charge on any atom is 0.361 e. The number of carboxylic acid groups (broad SMARTS) is 1. The summed E-state index contributed by atoms with van der Waals surface area (Å²) in [6.45, 7) is 4.60. The molecule has 0 radical (unpaired) electrons. The number of allylic oxidation sites excluding steroid dienone is 22. The van der Waals surface area contributed by atoms with Gasteiger partial charge < -0.3 is 28.5 Å². The van der Waals surface area contributed by atoms with Gasteiger partial charge in [0.1, 0.15) is 13.2 Å². The van der Waals surface area contributed by atoms with Gasteiger partial charge in [-0.05, 0) is 109 Å². The van der Waals surface area contributed by atoms with Crippen molar-refractivity contribution in [3.05, 3.63) is 134 Å². The molecule has 75 heavy (non-hydrogen) atoms. The van der Waals surface area contributed by atoms with Gasteiger partial charge in [0.15, 0.2) is 6.10 Å². The first-order chi connectivity index (χ1) is 36.6. The molecule has 9 nitrogen and oxygen atoms in total. The van der Waals surface area contributed by atoms with Crippen LogP contribution in [0.1, 0.15) is 206 Å². The molecular weight excluding hydrogens is 935 g/mol. The number of carbonyl (C=O) groups excluding carboxylic acids is 2. The maximum atomic E-state index is 12.9. The Kier molecular flexibility index (Phi) is 52.3. The van der Waals surface area contributed by atoms with E-state index in [2.05, 4.69) is 148 Å². The summed E-state index contributed by atoms with van der Waals surface area (Å²) < 4.78 is 22.8. The summed E-state index contributed by atoms with van der Waals surface area (Å²) >= 11 is 0. The zero-order valence-corrected chi connectivity index (χ0v) is 48.2. The van der Waals surface area contributed by atoms with Gasteiger partial charge in [-0.2, -0.15) is 0 Å². The fourth-order valence-corrected chi connectivity index (χ4v) is 7.45. The number of hydrogen-bond acceptors (Lipinski definition) is 7. The lowest BCUT2D eigenvalue weighted by Crippen LogP contribution is -2.40. The van der Waals surface area contributed by atoms with E-state index in [0.29, 0.717) is 23.9 Å². The largest absolute Gasteiger partial charge is 0.477 e. The average molecular weight is 1040 g/mol. The van der Waals surface area contributed by atoms with Crippen LogP contribution in [0.5, 0.6) is 0 Å². The smallest absolute Gasteiger partial charge is 0.361 e. The van der Waals surface area contributed by atoms with Crippen LogP contribution in [-0.4, -0.2) is 87.4 Å². The molecule has 0 aromatic rings. The summed E-state index contributed by atoms with van der Waals surface area (Å²) in [6, 6.07) is 0. The number of carboxylic acids is 1. The first-order valence-electron chi connectivity index (χ1n) is 29.3. The number of carbonyl (C=O) groups is 3. The van der Waals surface area contributed by atoms with Crippen molar-refractivity contribution in [3.8, 4) is 0 Å². The molecule has 0 aromatic carbocycles. The van der Waals surface area contributed by atoms with Crippen molar-refractivity contribution in [1.82, 2.24) is 0 Å². The molecule has 2 atom stereocenters. The lowest BCUT2D eigenvalue weighted by molar-refractivity contribution is -0.870. The zero-order chi connectivity index (χ0) is 54.8. The molecule has 0 bridgehead atoms. The van der Waals surface area contributed by atoms with Crippen LogP contribution < -0.4 is 0 Å². The van der Waals surface area contributed by atoms with E-state index >= 15 is 0 Å². The van der Waals surface area contributed by atoms with Crippen LogP contribution in [0.15, 0.2) is 134 Å². The fraction of sp³-hybridized carbons (Fsp3) is 0.621. The van der Waals surface area contributed by atoms with Crippen molar-refractivity contribution in [3.63, 3.8) is 0 Å². The Bertz CT molecular complexity index is 1690. The van der Waals surface area contributed by atoms with Gasteiger partial charge in [0.05, 0.1) is 34.4 Å². The number of aliphatic carboxylic acids is 1. The van der Waals surface area contributed by atoms with Crippen molar-refractivity contribution in [2.24, 2.45) is 0 Å². The van der Waals surface area contributed by atoms with Crippen LogP contribution in [0.4, 0.5) is 0 Å². The van der Waals surface area contributed by atoms with E-state index in [9.17, 15) is 19.5 Å². The normalized spacial score (nSPS) is 13.8. The van der Waals surface area contributed by atoms with Crippen molar-refractivity contribution in [2.75, 3.05) is 47.5 Å². The van der Waals surface area contributed by atoms with E-state index in [4.69, 9.17) is 18.9 Å². The van der Waals surface area contributed by atoms with Crippen molar-refractivity contribution < 1.29 is 42.9 Å². The third-order valence-corrected chi connectivity index (χ3v) is 11.9. The van der Waals surface area contributed by atoms with Crippen LogP contribution in [0.2, 0.25) is 0 Å². The quantitative estimate of drug-likeness (QED) is 0.0211. The summed E-state index contributed by atoms with van der Waals surface area (Å²) in [5, 5.41) is 9.70. The second kappa shape index (κ2) is 55.7. The predicted molar refractivity (Wildman–Crippen MR) is 317 cm³/mol. The van der Waals surface area contributed by atoms with E-state index < -0.39 is 24.3 Å². The highest BCUT2D eigenvalue weighted by molar-refractivity contribution is 5.71. The topological polar surface area (TPSA) is 108 Å². The van der Waals surface area contributed by atoms with Gasteiger partial charge in [0.2, 0.25) is 0 Å². The molecule has 0 aliphatic heterocycles. The van der Waals surface area contributed by atoms with Gasteiger partial charge in [0, 0.05) is 12.8 Å². The van der Waals surface area contributed by atoms with Gasteiger partial charge in [0.25, 0.3) is 6.29 Å². The highest BCUT2D eigenvalue weighted by Crippen LogP contribution is 2.15. The monoisotopic (exact) mass is 1040 g/mol. The number of esters is 2. The van der Waals surface area contributed by atoms with Crippen molar-refractivity contribution in [2.45, 2.75) is 219 Å². The number of ether oxygens (including phenoxy) is 4. The Labute approximate surface area is 459 Å². The molecule has 9 heteroatoms. The Balaban J connectivity index is 4.25. The summed E-state index contributed by atoms with van der Waals surface area (Å²) in [4.78, 5) is 37.4. The number of unbranched alkanes of at least 4 members (excludes halogenated alkanes) is 15. The van der Waals surface area contributed by atoms with Crippen LogP contribution in [0.25, 0.3) is 0 Å². The Hall–Kier alpha value is -4.57.